The fourth-order valence-electron chi connectivity index (χ4n) is 2.57. The SMILES string of the molecule is CC(C)C1CCC(CN)(OCC(O)CO)CC1. The predicted molar refractivity (Wildman–Crippen MR) is 67.6 cm³/mol. The lowest BCUT2D eigenvalue weighted by molar-refractivity contribution is -0.108. The van der Waals surface area contributed by atoms with Crippen LogP contribution >= 0.6 is 0 Å². The largest absolute Gasteiger partial charge is 0.394 e. The lowest BCUT2D eigenvalue weighted by atomic mass is 9.74. The molecule has 1 fully saturated rings. The van der Waals surface area contributed by atoms with Crippen molar-refractivity contribution in [1.29, 1.82) is 0 Å². The predicted octanol–water partition coefficient (Wildman–Crippen LogP) is 0.900. The van der Waals surface area contributed by atoms with Crippen molar-refractivity contribution in [1.82, 2.24) is 0 Å². The zero-order valence-corrected chi connectivity index (χ0v) is 11.1. The van der Waals surface area contributed by atoms with Gasteiger partial charge in [-0.3, -0.25) is 0 Å². The van der Waals surface area contributed by atoms with Gasteiger partial charge in [0.25, 0.3) is 0 Å². The molecule has 0 aromatic carbocycles. The van der Waals surface area contributed by atoms with Crippen LogP contribution in [0.25, 0.3) is 0 Å². The topological polar surface area (TPSA) is 75.7 Å². The van der Waals surface area contributed by atoms with Crippen molar-refractivity contribution in [2.75, 3.05) is 19.8 Å². The van der Waals surface area contributed by atoms with E-state index in [1.807, 2.05) is 0 Å². The monoisotopic (exact) mass is 245 g/mol. The number of hydrogen-bond donors (Lipinski definition) is 3. The van der Waals surface area contributed by atoms with E-state index in [0.29, 0.717) is 12.5 Å². The number of nitrogens with two attached hydrogens (primary N) is 1. The van der Waals surface area contributed by atoms with E-state index in [2.05, 4.69) is 13.8 Å². The van der Waals surface area contributed by atoms with Crippen molar-refractivity contribution >= 4 is 0 Å². The minimum absolute atomic E-state index is 0.181. The van der Waals surface area contributed by atoms with Crippen LogP contribution in [0.5, 0.6) is 0 Å². The average molecular weight is 245 g/mol. The molecule has 102 valence electrons. The zero-order chi connectivity index (χ0) is 12.9. The van der Waals surface area contributed by atoms with E-state index in [4.69, 9.17) is 15.6 Å². The van der Waals surface area contributed by atoms with Crippen molar-refractivity contribution in [3.8, 4) is 0 Å². The van der Waals surface area contributed by atoms with Crippen LogP contribution in [0, 0.1) is 11.8 Å². The maximum Gasteiger partial charge on any atom is 0.100 e. The fourth-order valence-corrected chi connectivity index (χ4v) is 2.57. The molecule has 0 radical (unpaired) electrons. The first-order chi connectivity index (χ1) is 8.03. The molecule has 0 spiro atoms. The van der Waals surface area contributed by atoms with Gasteiger partial charge in [0, 0.05) is 6.54 Å². The number of ether oxygens (including phenoxy) is 1. The van der Waals surface area contributed by atoms with Crippen LogP contribution < -0.4 is 5.73 Å². The maximum atomic E-state index is 9.32. The van der Waals surface area contributed by atoms with E-state index >= 15 is 0 Å². The van der Waals surface area contributed by atoms with Gasteiger partial charge in [-0.15, -0.1) is 0 Å². The minimum atomic E-state index is -0.791. The van der Waals surface area contributed by atoms with Gasteiger partial charge in [-0.2, -0.15) is 0 Å². The van der Waals surface area contributed by atoms with Crippen LogP contribution in [0.2, 0.25) is 0 Å². The number of aliphatic hydroxyl groups excluding tert-OH is 2. The lowest BCUT2D eigenvalue weighted by Gasteiger charge is -2.40. The minimum Gasteiger partial charge on any atom is -0.394 e. The number of rotatable bonds is 6. The molecule has 1 aliphatic rings. The second kappa shape index (κ2) is 6.69. The highest BCUT2D eigenvalue weighted by molar-refractivity contribution is 4.89. The summed E-state index contributed by atoms with van der Waals surface area (Å²) in [7, 11) is 0. The summed E-state index contributed by atoms with van der Waals surface area (Å²) in [5.74, 6) is 1.48. The molecule has 1 saturated carbocycles. The maximum absolute atomic E-state index is 9.32. The highest BCUT2D eigenvalue weighted by Gasteiger charge is 2.36. The molecule has 1 aliphatic carbocycles. The van der Waals surface area contributed by atoms with Crippen molar-refractivity contribution in [2.24, 2.45) is 17.6 Å². The molecule has 0 heterocycles. The van der Waals surface area contributed by atoms with Crippen molar-refractivity contribution in [2.45, 2.75) is 51.2 Å². The van der Waals surface area contributed by atoms with E-state index in [-0.39, 0.29) is 18.8 Å². The molecule has 1 atom stereocenters. The van der Waals surface area contributed by atoms with Gasteiger partial charge in [0.2, 0.25) is 0 Å². The third-order valence-electron chi connectivity index (χ3n) is 4.05. The summed E-state index contributed by atoms with van der Waals surface area (Å²) in [6.45, 7) is 4.94. The second-order valence-corrected chi connectivity index (χ2v) is 5.62. The van der Waals surface area contributed by atoms with Crippen LogP contribution in [0.15, 0.2) is 0 Å². The van der Waals surface area contributed by atoms with Gasteiger partial charge in [-0.1, -0.05) is 13.8 Å². The Hall–Kier alpha value is -0.160. The summed E-state index contributed by atoms with van der Waals surface area (Å²) in [5, 5.41) is 18.1. The second-order valence-electron chi connectivity index (χ2n) is 5.62. The molecule has 0 amide bonds. The van der Waals surface area contributed by atoms with Crippen LogP contribution in [0.1, 0.15) is 39.5 Å². The van der Waals surface area contributed by atoms with Gasteiger partial charge in [0.05, 0.1) is 18.8 Å². The smallest absolute Gasteiger partial charge is 0.100 e. The van der Waals surface area contributed by atoms with E-state index in [1.54, 1.807) is 0 Å². The Morgan fingerprint density at radius 3 is 2.35 bits per heavy atom. The third kappa shape index (κ3) is 4.21. The first-order valence-corrected chi connectivity index (χ1v) is 6.66. The molecule has 17 heavy (non-hydrogen) atoms. The first kappa shape index (κ1) is 14.9. The number of hydrogen-bond acceptors (Lipinski definition) is 4. The molecule has 1 rings (SSSR count). The van der Waals surface area contributed by atoms with Crippen LogP contribution in [-0.2, 0) is 4.74 Å². The van der Waals surface area contributed by atoms with Gasteiger partial charge >= 0.3 is 0 Å². The molecule has 1 unspecified atom stereocenters. The Morgan fingerprint density at radius 2 is 1.94 bits per heavy atom. The molecule has 0 aliphatic heterocycles. The highest BCUT2D eigenvalue weighted by atomic mass is 16.5. The summed E-state index contributed by atoms with van der Waals surface area (Å²) in [4.78, 5) is 0. The van der Waals surface area contributed by atoms with Gasteiger partial charge in [0.1, 0.15) is 6.10 Å². The molecule has 0 aromatic heterocycles. The molecular formula is C13H27NO3. The Labute approximate surface area is 104 Å². The summed E-state index contributed by atoms with van der Waals surface area (Å²) in [5.41, 5.74) is 5.54. The zero-order valence-electron chi connectivity index (χ0n) is 11.1. The Kier molecular flexibility index (Phi) is 5.86. The molecule has 0 aromatic rings. The molecule has 0 saturated heterocycles. The third-order valence-corrected chi connectivity index (χ3v) is 4.05. The summed E-state index contributed by atoms with van der Waals surface area (Å²) < 4.78 is 5.77. The van der Waals surface area contributed by atoms with Crippen LogP contribution in [-0.4, -0.2) is 41.7 Å². The van der Waals surface area contributed by atoms with Crippen molar-refractivity contribution in [3.63, 3.8) is 0 Å². The van der Waals surface area contributed by atoms with Gasteiger partial charge in [0.15, 0.2) is 0 Å². The van der Waals surface area contributed by atoms with Crippen LogP contribution in [0.3, 0.4) is 0 Å². The Morgan fingerprint density at radius 1 is 1.35 bits per heavy atom. The summed E-state index contributed by atoms with van der Waals surface area (Å²) in [6.07, 6.45) is 3.42. The summed E-state index contributed by atoms with van der Waals surface area (Å²) >= 11 is 0. The van der Waals surface area contributed by atoms with Crippen molar-refractivity contribution in [3.05, 3.63) is 0 Å². The molecular weight excluding hydrogens is 218 g/mol. The molecule has 4 heteroatoms. The van der Waals surface area contributed by atoms with E-state index < -0.39 is 6.10 Å². The fraction of sp³-hybridized carbons (Fsp3) is 1.00. The van der Waals surface area contributed by atoms with Gasteiger partial charge in [-0.05, 0) is 37.5 Å². The van der Waals surface area contributed by atoms with E-state index in [0.717, 1.165) is 31.6 Å². The van der Waals surface area contributed by atoms with E-state index in [9.17, 15) is 5.11 Å². The lowest BCUT2D eigenvalue weighted by Crippen LogP contribution is -2.46. The van der Waals surface area contributed by atoms with Gasteiger partial charge in [-0.25, -0.2) is 0 Å². The highest BCUT2D eigenvalue weighted by Crippen LogP contribution is 2.37. The standard InChI is InChI=1S/C13H27NO3/c1-10(2)11-3-5-13(9-14,6-4-11)17-8-12(16)7-15/h10-12,15-16H,3-9,14H2,1-2H3. The Bertz CT molecular complexity index is 213. The quantitative estimate of drug-likeness (QED) is 0.650. The summed E-state index contributed by atoms with van der Waals surface area (Å²) in [6, 6.07) is 0. The number of aliphatic hydroxyl groups is 2. The molecule has 4 N–H and O–H groups in total. The van der Waals surface area contributed by atoms with Crippen molar-refractivity contribution < 1.29 is 14.9 Å². The van der Waals surface area contributed by atoms with Gasteiger partial charge < -0.3 is 20.7 Å². The average Bonchev–Trinajstić information content (AvgIpc) is 2.36. The molecule has 0 bridgehead atoms. The van der Waals surface area contributed by atoms with Crippen LogP contribution in [0.4, 0.5) is 0 Å². The molecule has 4 nitrogen and oxygen atoms in total. The van der Waals surface area contributed by atoms with E-state index in [1.165, 1.54) is 0 Å². The first-order valence-electron chi connectivity index (χ1n) is 6.66. The normalized spacial score (nSPS) is 31.8. The Balaban J connectivity index is 2.43.